The topological polar surface area (TPSA) is 27.6 Å². The first-order valence-electron chi connectivity index (χ1n) is 7.61. The number of hydrogen-bond donors (Lipinski definition) is 1. The number of nitrogens with one attached hydrogen (secondary N) is 1. The van der Waals surface area contributed by atoms with E-state index in [-0.39, 0.29) is 6.04 Å². The van der Waals surface area contributed by atoms with Crippen molar-refractivity contribution >= 4 is 51.9 Å². The fourth-order valence-electron chi connectivity index (χ4n) is 2.37. The molecule has 2 rings (SSSR count). The van der Waals surface area contributed by atoms with Crippen LogP contribution in [0.15, 0.2) is 41.5 Å². The summed E-state index contributed by atoms with van der Waals surface area (Å²) < 4.78 is 0. The van der Waals surface area contributed by atoms with Crippen molar-refractivity contribution in [1.82, 2.24) is 0 Å². The molecule has 0 aliphatic heterocycles. The Labute approximate surface area is 158 Å². The molecular formula is C18H20Cl3N3. The van der Waals surface area contributed by atoms with Crippen molar-refractivity contribution < 1.29 is 0 Å². The summed E-state index contributed by atoms with van der Waals surface area (Å²) >= 11 is 18.7. The van der Waals surface area contributed by atoms with Crippen LogP contribution in [0.1, 0.15) is 26.3 Å². The zero-order chi connectivity index (χ0) is 17.9. The second kappa shape index (κ2) is 8.11. The Bertz CT molecular complexity index is 757. The van der Waals surface area contributed by atoms with E-state index in [9.17, 15) is 0 Å². The monoisotopic (exact) mass is 383 g/mol. The van der Waals surface area contributed by atoms with Gasteiger partial charge in [0.1, 0.15) is 0 Å². The van der Waals surface area contributed by atoms with Crippen LogP contribution in [-0.4, -0.2) is 18.8 Å². The van der Waals surface area contributed by atoms with Crippen molar-refractivity contribution in [2.75, 3.05) is 17.4 Å². The third-order valence-corrected chi connectivity index (χ3v) is 4.61. The van der Waals surface area contributed by atoms with E-state index in [1.54, 1.807) is 6.07 Å². The smallest absolute Gasteiger partial charge is 0.0845 e. The summed E-state index contributed by atoms with van der Waals surface area (Å²) in [6.45, 7) is 6.04. The molecule has 0 heterocycles. The van der Waals surface area contributed by atoms with Gasteiger partial charge in [-0.1, -0.05) is 40.9 Å². The molecule has 0 saturated carbocycles. The maximum absolute atomic E-state index is 6.37. The first kappa shape index (κ1) is 18.9. The van der Waals surface area contributed by atoms with Gasteiger partial charge in [0.2, 0.25) is 0 Å². The van der Waals surface area contributed by atoms with Crippen molar-refractivity contribution in [3.05, 3.63) is 57.0 Å². The largest absolute Gasteiger partial charge is 0.388 e. The second-order valence-electron chi connectivity index (χ2n) is 5.64. The van der Waals surface area contributed by atoms with Crippen molar-refractivity contribution in [3.8, 4) is 0 Å². The molecule has 0 unspecified atom stereocenters. The minimum absolute atomic E-state index is 0.105. The van der Waals surface area contributed by atoms with Crippen molar-refractivity contribution in [1.29, 1.82) is 0 Å². The third kappa shape index (κ3) is 4.15. The van der Waals surface area contributed by atoms with Crippen LogP contribution in [0.5, 0.6) is 0 Å². The second-order valence-corrected chi connectivity index (χ2v) is 6.86. The highest BCUT2D eigenvalue weighted by Gasteiger charge is 2.16. The average molecular weight is 385 g/mol. The van der Waals surface area contributed by atoms with Gasteiger partial charge >= 0.3 is 0 Å². The molecule has 2 aromatic carbocycles. The number of hydrogen-bond acceptors (Lipinski definition) is 3. The van der Waals surface area contributed by atoms with Crippen LogP contribution in [0.25, 0.3) is 0 Å². The normalized spacial score (nSPS) is 11.8. The maximum atomic E-state index is 6.37. The first-order valence-corrected chi connectivity index (χ1v) is 8.74. The van der Waals surface area contributed by atoms with Gasteiger partial charge in [-0.2, -0.15) is 5.10 Å². The number of benzene rings is 2. The number of hydrazone groups is 1. The summed E-state index contributed by atoms with van der Waals surface area (Å²) in [7, 11) is 1.87. The van der Waals surface area contributed by atoms with Gasteiger partial charge < -0.3 is 5.32 Å². The molecule has 0 aromatic heterocycles. The van der Waals surface area contributed by atoms with Crippen LogP contribution in [0.3, 0.4) is 0 Å². The fraction of sp³-hybridized carbons (Fsp3) is 0.278. The minimum Gasteiger partial charge on any atom is -0.388 e. The Morgan fingerprint density at radius 2 is 1.83 bits per heavy atom. The molecule has 0 amide bonds. The summed E-state index contributed by atoms with van der Waals surface area (Å²) in [4.78, 5) is 0. The molecule has 0 atom stereocenters. The van der Waals surface area contributed by atoms with Crippen LogP contribution < -0.4 is 10.3 Å². The average Bonchev–Trinajstić information content (AvgIpc) is 2.55. The first-order chi connectivity index (χ1) is 11.3. The molecule has 0 radical (unpaired) electrons. The van der Waals surface area contributed by atoms with Crippen LogP contribution in [0, 0.1) is 0 Å². The van der Waals surface area contributed by atoms with Crippen LogP contribution >= 0.6 is 34.8 Å². The van der Waals surface area contributed by atoms with E-state index < -0.39 is 0 Å². The molecule has 0 bridgehead atoms. The summed E-state index contributed by atoms with van der Waals surface area (Å²) in [5.41, 5.74) is 3.49. The van der Waals surface area contributed by atoms with Crippen molar-refractivity contribution in [3.63, 3.8) is 0 Å². The lowest BCUT2D eigenvalue weighted by atomic mass is 10.1. The lowest BCUT2D eigenvalue weighted by Gasteiger charge is -2.26. The van der Waals surface area contributed by atoms with Crippen LogP contribution in [0.2, 0.25) is 15.1 Å². The Morgan fingerprint density at radius 3 is 2.46 bits per heavy atom. The van der Waals surface area contributed by atoms with Gasteiger partial charge in [0.05, 0.1) is 21.4 Å². The van der Waals surface area contributed by atoms with Crippen LogP contribution in [-0.2, 0) is 0 Å². The fourth-order valence-corrected chi connectivity index (χ4v) is 2.92. The Hall–Kier alpha value is -1.42. The lowest BCUT2D eigenvalue weighted by Crippen LogP contribution is -2.27. The molecule has 3 nitrogen and oxygen atoms in total. The van der Waals surface area contributed by atoms with Gasteiger partial charge in [0, 0.05) is 29.4 Å². The van der Waals surface area contributed by atoms with Crippen LogP contribution in [0.4, 0.5) is 11.4 Å². The van der Waals surface area contributed by atoms with Crippen molar-refractivity contribution in [2.24, 2.45) is 5.10 Å². The van der Waals surface area contributed by atoms with E-state index in [0.717, 1.165) is 22.6 Å². The Morgan fingerprint density at radius 1 is 1.12 bits per heavy atom. The van der Waals surface area contributed by atoms with E-state index in [1.807, 2.05) is 63.2 Å². The van der Waals surface area contributed by atoms with E-state index in [1.165, 1.54) is 0 Å². The zero-order valence-corrected chi connectivity index (χ0v) is 16.3. The SMILES string of the molecule is CNc1ccc(Cl)cc1/C(C)=N/N(c1cccc(Cl)c1Cl)C(C)C. The van der Waals surface area contributed by atoms with Crippen molar-refractivity contribution in [2.45, 2.75) is 26.8 Å². The Kier molecular flexibility index (Phi) is 6.39. The predicted molar refractivity (Wildman–Crippen MR) is 107 cm³/mol. The molecule has 0 fully saturated rings. The maximum Gasteiger partial charge on any atom is 0.0845 e. The lowest BCUT2D eigenvalue weighted by molar-refractivity contribution is 0.713. The number of rotatable bonds is 5. The van der Waals surface area contributed by atoms with Gasteiger partial charge in [-0.05, 0) is 51.1 Å². The minimum atomic E-state index is 0.105. The number of anilines is 2. The third-order valence-electron chi connectivity index (χ3n) is 3.57. The number of halogens is 3. The van der Waals surface area contributed by atoms with E-state index >= 15 is 0 Å². The van der Waals surface area contributed by atoms with E-state index in [2.05, 4.69) is 5.32 Å². The van der Waals surface area contributed by atoms with Gasteiger partial charge in [-0.25, -0.2) is 0 Å². The molecule has 0 saturated heterocycles. The molecule has 0 aliphatic carbocycles. The standard InChI is InChI=1S/C18H20Cl3N3/c1-11(2)24(17-7-5-6-15(20)18(17)21)23-12(3)14-10-13(19)8-9-16(14)22-4/h5-11,22H,1-4H3/b23-12+. The molecule has 128 valence electrons. The van der Waals surface area contributed by atoms with Gasteiger partial charge in [-0.3, -0.25) is 5.01 Å². The van der Waals surface area contributed by atoms with Gasteiger partial charge in [-0.15, -0.1) is 0 Å². The summed E-state index contributed by atoms with van der Waals surface area (Å²) in [5, 5.41) is 11.5. The molecule has 0 aliphatic rings. The quantitative estimate of drug-likeness (QED) is 0.482. The number of nitrogens with zero attached hydrogens (tertiary/aromatic N) is 2. The summed E-state index contributed by atoms with van der Waals surface area (Å²) in [6.07, 6.45) is 0. The molecule has 2 aromatic rings. The summed E-state index contributed by atoms with van der Waals surface area (Å²) in [6, 6.07) is 11.3. The highest BCUT2D eigenvalue weighted by Crippen LogP contribution is 2.34. The zero-order valence-electron chi connectivity index (χ0n) is 14.1. The molecule has 24 heavy (non-hydrogen) atoms. The highest BCUT2D eigenvalue weighted by atomic mass is 35.5. The highest BCUT2D eigenvalue weighted by molar-refractivity contribution is 6.43. The molecule has 0 spiro atoms. The van der Waals surface area contributed by atoms with Gasteiger partial charge in [0.15, 0.2) is 0 Å². The predicted octanol–water partition coefficient (Wildman–Crippen LogP) is 6.33. The molecular weight excluding hydrogens is 365 g/mol. The molecule has 6 heteroatoms. The van der Waals surface area contributed by atoms with E-state index in [0.29, 0.717) is 15.1 Å². The van der Waals surface area contributed by atoms with Gasteiger partial charge in [0.25, 0.3) is 0 Å². The molecule has 1 N–H and O–H groups in total. The van der Waals surface area contributed by atoms with E-state index in [4.69, 9.17) is 39.9 Å². The Balaban J connectivity index is 2.52. The summed E-state index contributed by atoms with van der Waals surface area (Å²) in [5.74, 6) is 0.